The third kappa shape index (κ3) is 2.62. The summed E-state index contributed by atoms with van der Waals surface area (Å²) in [5, 5.41) is 0. The lowest BCUT2D eigenvalue weighted by Gasteiger charge is -2.09. The van der Waals surface area contributed by atoms with E-state index in [4.69, 9.17) is 0 Å². The van der Waals surface area contributed by atoms with Crippen molar-refractivity contribution in [1.82, 2.24) is 0 Å². The Labute approximate surface area is 117 Å². The Bertz CT molecular complexity index is 580. The van der Waals surface area contributed by atoms with Gasteiger partial charge in [-0.05, 0) is 41.3 Å². The van der Waals surface area contributed by atoms with Crippen molar-refractivity contribution in [2.45, 2.75) is 6.92 Å². The molecule has 0 nitrogen and oxygen atoms in total. The third-order valence-electron chi connectivity index (χ3n) is 2.92. The average molecular weight is 299 g/mol. The van der Waals surface area contributed by atoms with Crippen molar-refractivity contribution in [2.24, 2.45) is 0 Å². The molecule has 90 valence electrons. The summed E-state index contributed by atoms with van der Waals surface area (Å²) in [5.74, 6) is 0. The van der Waals surface area contributed by atoms with Crippen molar-refractivity contribution < 1.29 is 0 Å². The quantitative estimate of drug-likeness (QED) is 0.637. The molecule has 0 aromatic heterocycles. The monoisotopic (exact) mass is 298 g/mol. The van der Waals surface area contributed by atoms with E-state index in [1.54, 1.807) is 0 Å². The van der Waals surface area contributed by atoms with E-state index in [1.807, 2.05) is 19.1 Å². The first-order valence-electron chi connectivity index (χ1n) is 5.90. The third-order valence-corrected chi connectivity index (χ3v) is 3.61. The molecule has 0 aliphatic heterocycles. The van der Waals surface area contributed by atoms with Crippen LogP contribution in [0.1, 0.15) is 12.5 Å². The Hall–Kier alpha value is -1.60. The summed E-state index contributed by atoms with van der Waals surface area (Å²) in [6.45, 7) is 5.89. The molecule has 0 unspecified atom stereocenters. The van der Waals surface area contributed by atoms with Gasteiger partial charge in [-0.25, -0.2) is 0 Å². The number of hydrogen-bond acceptors (Lipinski definition) is 0. The molecule has 0 saturated heterocycles. The van der Waals surface area contributed by atoms with Crippen LogP contribution >= 0.6 is 15.9 Å². The number of allylic oxidation sites excluding steroid dienone is 3. The second kappa shape index (κ2) is 5.83. The summed E-state index contributed by atoms with van der Waals surface area (Å²) in [5.41, 5.74) is 4.76. The van der Waals surface area contributed by atoms with Gasteiger partial charge in [-0.2, -0.15) is 0 Å². The van der Waals surface area contributed by atoms with E-state index >= 15 is 0 Å². The second-order valence-corrected chi connectivity index (χ2v) is 4.86. The van der Waals surface area contributed by atoms with Crippen LogP contribution in [-0.4, -0.2) is 0 Å². The molecule has 2 aromatic carbocycles. The molecule has 0 atom stereocenters. The highest BCUT2D eigenvalue weighted by Crippen LogP contribution is 2.30. The van der Waals surface area contributed by atoms with Crippen molar-refractivity contribution in [3.63, 3.8) is 0 Å². The maximum absolute atomic E-state index is 3.86. The minimum atomic E-state index is 1.09. The second-order valence-electron chi connectivity index (χ2n) is 4.01. The van der Waals surface area contributed by atoms with Crippen LogP contribution in [0.2, 0.25) is 0 Å². The molecule has 0 spiro atoms. The predicted octanol–water partition coefficient (Wildman–Crippen LogP) is 5.71. The number of halogens is 1. The van der Waals surface area contributed by atoms with Crippen molar-refractivity contribution in [3.8, 4) is 11.1 Å². The zero-order valence-corrected chi connectivity index (χ0v) is 11.9. The Morgan fingerprint density at radius 2 is 1.78 bits per heavy atom. The molecule has 0 heterocycles. The van der Waals surface area contributed by atoms with Crippen LogP contribution in [0.5, 0.6) is 0 Å². The van der Waals surface area contributed by atoms with Crippen LogP contribution in [0.25, 0.3) is 16.7 Å². The fourth-order valence-corrected chi connectivity index (χ4v) is 2.42. The Balaban J connectivity index is 2.54. The van der Waals surface area contributed by atoms with Gasteiger partial charge in [0.25, 0.3) is 0 Å². The zero-order chi connectivity index (χ0) is 13.0. The van der Waals surface area contributed by atoms with Gasteiger partial charge in [0.1, 0.15) is 0 Å². The molecular weight excluding hydrogens is 284 g/mol. The van der Waals surface area contributed by atoms with Gasteiger partial charge >= 0.3 is 0 Å². The van der Waals surface area contributed by atoms with E-state index in [0.29, 0.717) is 0 Å². The van der Waals surface area contributed by atoms with Gasteiger partial charge in [0.05, 0.1) is 0 Å². The standard InChI is InChI=1S/C17H15Br/c1-3-13(4-2)16-12-15(10-11-17(16)18)14-8-6-5-7-9-14/h3-12H,1H2,2H3/b13-4+. The first-order valence-corrected chi connectivity index (χ1v) is 6.69. The minimum absolute atomic E-state index is 1.09. The van der Waals surface area contributed by atoms with Gasteiger partial charge in [-0.1, -0.05) is 71.1 Å². The van der Waals surface area contributed by atoms with Gasteiger partial charge in [-0.3, -0.25) is 0 Å². The fraction of sp³-hybridized carbons (Fsp3) is 0.0588. The fourth-order valence-electron chi connectivity index (χ4n) is 1.94. The SMILES string of the molecule is C=C/C(=C\C)c1cc(-c2ccccc2)ccc1Br. The first-order chi connectivity index (χ1) is 8.76. The highest BCUT2D eigenvalue weighted by molar-refractivity contribution is 9.10. The van der Waals surface area contributed by atoms with Crippen molar-refractivity contribution in [3.05, 3.63) is 77.3 Å². The Morgan fingerprint density at radius 3 is 2.39 bits per heavy atom. The van der Waals surface area contributed by atoms with Crippen LogP contribution in [0.3, 0.4) is 0 Å². The number of benzene rings is 2. The largest absolute Gasteiger partial charge is 0.0985 e. The average Bonchev–Trinajstić information content (AvgIpc) is 2.43. The molecule has 0 amide bonds. The maximum atomic E-state index is 3.86. The smallest absolute Gasteiger partial charge is 0.0254 e. The highest BCUT2D eigenvalue weighted by Gasteiger charge is 2.05. The lowest BCUT2D eigenvalue weighted by Crippen LogP contribution is -1.85. The van der Waals surface area contributed by atoms with E-state index in [9.17, 15) is 0 Å². The van der Waals surface area contributed by atoms with E-state index in [1.165, 1.54) is 16.7 Å². The molecule has 0 radical (unpaired) electrons. The Kier molecular flexibility index (Phi) is 4.16. The zero-order valence-electron chi connectivity index (χ0n) is 10.4. The van der Waals surface area contributed by atoms with Crippen LogP contribution in [0, 0.1) is 0 Å². The summed E-state index contributed by atoms with van der Waals surface area (Å²) >= 11 is 3.60. The van der Waals surface area contributed by atoms with E-state index in [-0.39, 0.29) is 0 Å². The van der Waals surface area contributed by atoms with E-state index in [2.05, 4.69) is 71.0 Å². The van der Waals surface area contributed by atoms with Crippen molar-refractivity contribution in [1.29, 1.82) is 0 Å². The van der Waals surface area contributed by atoms with Gasteiger partial charge in [0.15, 0.2) is 0 Å². The summed E-state index contributed by atoms with van der Waals surface area (Å²) in [7, 11) is 0. The van der Waals surface area contributed by atoms with Crippen LogP contribution in [0.4, 0.5) is 0 Å². The van der Waals surface area contributed by atoms with Crippen molar-refractivity contribution >= 4 is 21.5 Å². The molecular formula is C17H15Br. The molecule has 1 heteroatoms. The highest BCUT2D eigenvalue weighted by atomic mass is 79.9. The van der Waals surface area contributed by atoms with Crippen LogP contribution in [0.15, 0.2) is 71.7 Å². The lowest BCUT2D eigenvalue weighted by atomic mass is 9.99. The van der Waals surface area contributed by atoms with Gasteiger partial charge in [0.2, 0.25) is 0 Å². The van der Waals surface area contributed by atoms with E-state index in [0.717, 1.165) is 10.0 Å². The molecule has 0 saturated carbocycles. The van der Waals surface area contributed by atoms with Crippen molar-refractivity contribution in [2.75, 3.05) is 0 Å². The number of hydrogen-bond donors (Lipinski definition) is 0. The van der Waals surface area contributed by atoms with E-state index < -0.39 is 0 Å². The molecule has 0 fully saturated rings. The van der Waals surface area contributed by atoms with Gasteiger partial charge in [0, 0.05) is 4.47 Å². The normalized spacial score (nSPS) is 11.3. The summed E-state index contributed by atoms with van der Waals surface area (Å²) < 4.78 is 1.09. The summed E-state index contributed by atoms with van der Waals surface area (Å²) in [6.07, 6.45) is 3.96. The van der Waals surface area contributed by atoms with Gasteiger partial charge in [-0.15, -0.1) is 0 Å². The molecule has 0 aliphatic rings. The molecule has 2 rings (SSSR count). The van der Waals surface area contributed by atoms with Gasteiger partial charge < -0.3 is 0 Å². The number of rotatable bonds is 3. The lowest BCUT2D eigenvalue weighted by molar-refractivity contribution is 1.53. The molecule has 0 bridgehead atoms. The predicted molar refractivity (Wildman–Crippen MR) is 83.4 cm³/mol. The maximum Gasteiger partial charge on any atom is 0.0254 e. The minimum Gasteiger partial charge on any atom is -0.0985 e. The van der Waals surface area contributed by atoms with Crippen LogP contribution in [-0.2, 0) is 0 Å². The topological polar surface area (TPSA) is 0 Å². The molecule has 18 heavy (non-hydrogen) atoms. The Morgan fingerprint density at radius 1 is 1.06 bits per heavy atom. The molecule has 0 N–H and O–H groups in total. The molecule has 0 aliphatic carbocycles. The summed E-state index contributed by atoms with van der Waals surface area (Å²) in [4.78, 5) is 0. The molecule has 2 aromatic rings. The van der Waals surface area contributed by atoms with Crippen LogP contribution < -0.4 is 0 Å². The first kappa shape index (κ1) is 12.8. The summed E-state index contributed by atoms with van der Waals surface area (Å²) in [6, 6.07) is 16.8.